The van der Waals surface area contributed by atoms with Gasteiger partial charge in [0.2, 0.25) is 5.91 Å². The van der Waals surface area contributed by atoms with Crippen molar-refractivity contribution < 1.29 is 4.79 Å². The second-order valence-corrected chi connectivity index (χ2v) is 6.48. The van der Waals surface area contributed by atoms with Crippen LogP contribution in [0.2, 0.25) is 0 Å². The second-order valence-electron chi connectivity index (χ2n) is 6.48. The summed E-state index contributed by atoms with van der Waals surface area (Å²) in [6.07, 6.45) is 5.66. The van der Waals surface area contributed by atoms with Crippen LogP contribution in [0.5, 0.6) is 0 Å². The number of hydrogen-bond donors (Lipinski definition) is 2. The van der Waals surface area contributed by atoms with Crippen LogP contribution in [0.1, 0.15) is 42.9 Å². The van der Waals surface area contributed by atoms with E-state index in [4.69, 9.17) is 5.73 Å². The molecule has 0 radical (unpaired) electrons. The van der Waals surface area contributed by atoms with Gasteiger partial charge in [0.05, 0.1) is 6.04 Å². The molecule has 0 saturated heterocycles. The van der Waals surface area contributed by atoms with Gasteiger partial charge in [0.1, 0.15) is 0 Å². The number of anilines is 1. The summed E-state index contributed by atoms with van der Waals surface area (Å²) in [5.41, 5.74) is 9.21. The number of benzene rings is 1. The van der Waals surface area contributed by atoms with Gasteiger partial charge in [-0.25, -0.2) is 0 Å². The number of carbonyl (C=O) groups is 1. The predicted molar refractivity (Wildman–Crippen MR) is 74.4 cm³/mol. The molecule has 0 heterocycles. The van der Waals surface area contributed by atoms with Gasteiger partial charge < -0.3 is 11.1 Å². The summed E-state index contributed by atoms with van der Waals surface area (Å²) < 4.78 is 0. The Hall–Kier alpha value is -1.51. The maximum atomic E-state index is 12.3. The van der Waals surface area contributed by atoms with Crippen LogP contribution in [0.4, 0.5) is 5.69 Å². The van der Waals surface area contributed by atoms with E-state index in [0.717, 1.165) is 43.2 Å². The molecule has 3 atom stereocenters. The first-order valence-electron chi connectivity index (χ1n) is 7.39. The average molecular weight is 256 g/mol. The molecule has 3 heteroatoms. The highest BCUT2D eigenvalue weighted by Gasteiger charge is 2.48. The van der Waals surface area contributed by atoms with Gasteiger partial charge in [0, 0.05) is 11.6 Å². The molecule has 3 nitrogen and oxygen atoms in total. The van der Waals surface area contributed by atoms with Crippen molar-refractivity contribution in [2.45, 2.75) is 38.1 Å². The van der Waals surface area contributed by atoms with Gasteiger partial charge in [-0.05, 0) is 67.2 Å². The van der Waals surface area contributed by atoms with Crippen molar-refractivity contribution in [3.05, 3.63) is 29.3 Å². The Bertz CT molecular complexity index is 530. The molecule has 4 rings (SSSR count). The molecular formula is C16H20N2O. The van der Waals surface area contributed by atoms with Gasteiger partial charge in [-0.3, -0.25) is 4.79 Å². The van der Waals surface area contributed by atoms with Crippen molar-refractivity contribution in [1.82, 2.24) is 5.32 Å². The summed E-state index contributed by atoms with van der Waals surface area (Å²) in [5, 5.41) is 3.26. The van der Waals surface area contributed by atoms with Crippen LogP contribution in [0, 0.1) is 17.8 Å². The van der Waals surface area contributed by atoms with Gasteiger partial charge in [0.15, 0.2) is 0 Å². The zero-order chi connectivity index (χ0) is 13.0. The van der Waals surface area contributed by atoms with Crippen molar-refractivity contribution in [2.24, 2.45) is 17.8 Å². The smallest absolute Gasteiger partial charge is 0.223 e. The maximum Gasteiger partial charge on any atom is 0.223 e. The lowest BCUT2D eigenvalue weighted by atomic mass is 10.0. The molecule has 3 aliphatic carbocycles. The van der Waals surface area contributed by atoms with Crippen LogP contribution in [0.25, 0.3) is 0 Å². The van der Waals surface area contributed by atoms with Crippen molar-refractivity contribution in [3.8, 4) is 0 Å². The fourth-order valence-electron chi connectivity index (χ4n) is 4.01. The first kappa shape index (κ1) is 11.3. The number of rotatable bonds is 2. The first-order valence-corrected chi connectivity index (χ1v) is 7.39. The van der Waals surface area contributed by atoms with E-state index in [1.165, 1.54) is 17.5 Å². The van der Waals surface area contributed by atoms with E-state index in [-0.39, 0.29) is 17.9 Å². The number of amides is 1. The van der Waals surface area contributed by atoms with Crippen LogP contribution in [-0.4, -0.2) is 5.91 Å². The molecule has 2 saturated carbocycles. The third kappa shape index (κ3) is 1.92. The fraction of sp³-hybridized carbons (Fsp3) is 0.562. The molecule has 3 aliphatic rings. The van der Waals surface area contributed by atoms with E-state index in [9.17, 15) is 4.79 Å². The summed E-state index contributed by atoms with van der Waals surface area (Å²) in [6.45, 7) is 0. The summed E-state index contributed by atoms with van der Waals surface area (Å²) in [7, 11) is 0. The third-order valence-corrected chi connectivity index (χ3v) is 5.18. The number of carbonyl (C=O) groups excluding carboxylic acids is 1. The zero-order valence-corrected chi connectivity index (χ0v) is 11.1. The second kappa shape index (κ2) is 3.99. The van der Waals surface area contributed by atoms with Crippen molar-refractivity contribution in [1.29, 1.82) is 0 Å². The van der Waals surface area contributed by atoms with Gasteiger partial charge in [-0.15, -0.1) is 0 Å². The molecule has 1 amide bonds. The minimum atomic E-state index is 0.208. The minimum Gasteiger partial charge on any atom is -0.399 e. The number of nitrogens with two attached hydrogens (primary N) is 1. The van der Waals surface area contributed by atoms with Crippen molar-refractivity contribution in [2.75, 3.05) is 5.73 Å². The van der Waals surface area contributed by atoms with Gasteiger partial charge in [-0.2, -0.15) is 0 Å². The number of hydrogen-bond acceptors (Lipinski definition) is 2. The highest BCUT2D eigenvalue weighted by atomic mass is 16.1. The van der Waals surface area contributed by atoms with Crippen LogP contribution < -0.4 is 11.1 Å². The first-order chi connectivity index (χ1) is 9.20. The average Bonchev–Trinajstić information content (AvgIpc) is 2.83. The van der Waals surface area contributed by atoms with E-state index in [2.05, 4.69) is 11.4 Å². The SMILES string of the molecule is Nc1ccc2c(c1)CCC2NC(=O)C1CC2CC2C1. The van der Waals surface area contributed by atoms with Gasteiger partial charge in [0.25, 0.3) is 0 Å². The Kier molecular flexibility index (Phi) is 2.38. The van der Waals surface area contributed by atoms with E-state index >= 15 is 0 Å². The number of nitrogen functional groups attached to an aromatic ring is 1. The van der Waals surface area contributed by atoms with Crippen molar-refractivity contribution >= 4 is 11.6 Å². The number of fused-ring (bicyclic) bond motifs is 2. The molecule has 19 heavy (non-hydrogen) atoms. The summed E-state index contributed by atoms with van der Waals surface area (Å²) in [5.74, 6) is 2.29. The Labute approximate surface area is 113 Å². The molecule has 3 N–H and O–H groups in total. The molecular weight excluding hydrogens is 236 g/mol. The van der Waals surface area contributed by atoms with Crippen LogP contribution >= 0.6 is 0 Å². The fourth-order valence-corrected chi connectivity index (χ4v) is 4.01. The molecule has 1 aromatic carbocycles. The standard InChI is InChI=1S/C16H20N2O/c17-13-2-3-14-9(8-13)1-4-15(14)18-16(19)12-6-10-5-11(10)7-12/h2-3,8,10-12,15H,1,4-7,17H2,(H,18,19). The van der Waals surface area contributed by atoms with Gasteiger partial charge in [-0.1, -0.05) is 6.07 Å². The number of nitrogens with one attached hydrogen (secondary N) is 1. The Morgan fingerprint density at radius 2 is 2.00 bits per heavy atom. The van der Waals surface area contributed by atoms with E-state index in [0.29, 0.717) is 0 Å². The van der Waals surface area contributed by atoms with Crippen molar-refractivity contribution in [3.63, 3.8) is 0 Å². The highest BCUT2D eigenvalue weighted by Crippen LogP contribution is 2.54. The quantitative estimate of drug-likeness (QED) is 0.798. The molecule has 0 bridgehead atoms. The molecule has 0 aromatic heterocycles. The third-order valence-electron chi connectivity index (χ3n) is 5.18. The van der Waals surface area contributed by atoms with Crippen LogP contribution in [0.3, 0.4) is 0 Å². The lowest BCUT2D eigenvalue weighted by Gasteiger charge is -2.18. The predicted octanol–water partition coefficient (Wildman–Crippen LogP) is 2.42. The molecule has 0 spiro atoms. The monoisotopic (exact) mass is 256 g/mol. The summed E-state index contributed by atoms with van der Waals surface area (Å²) >= 11 is 0. The summed E-state index contributed by atoms with van der Waals surface area (Å²) in [4.78, 5) is 12.3. The number of aryl methyl sites for hydroxylation is 1. The molecule has 1 aromatic rings. The lowest BCUT2D eigenvalue weighted by Crippen LogP contribution is -2.32. The summed E-state index contributed by atoms with van der Waals surface area (Å²) in [6, 6.07) is 6.27. The molecule has 100 valence electrons. The molecule has 3 unspecified atom stereocenters. The lowest BCUT2D eigenvalue weighted by molar-refractivity contribution is -0.125. The molecule has 0 aliphatic heterocycles. The largest absolute Gasteiger partial charge is 0.399 e. The van der Waals surface area contributed by atoms with E-state index < -0.39 is 0 Å². The minimum absolute atomic E-state index is 0.208. The van der Waals surface area contributed by atoms with Crippen LogP contribution in [-0.2, 0) is 11.2 Å². The molecule has 2 fully saturated rings. The zero-order valence-electron chi connectivity index (χ0n) is 11.1. The van der Waals surface area contributed by atoms with Crippen LogP contribution in [0.15, 0.2) is 18.2 Å². The normalized spacial score (nSPS) is 34.7. The maximum absolute atomic E-state index is 12.3. The Morgan fingerprint density at radius 1 is 1.21 bits per heavy atom. The highest BCUT2D eigenvalue weighted by molar-refractivity contribution is 5.80. The Balaban J connectivity index is 1.45. The van der Waals surface area contributed by atoms with E-state index in [1.54, 1.807) is 0 Å². The topological polar surface area (TPSA) is 55.1 Å². The van der Waals surface area contributed by atoms with E-state index in [1.807, 2.05) is 12.1 Å². The Morgan fingerprint density at radius 3 is 2.79 bits per heavy atom. The van der Waals surface area contributed by atoms with Gasteiger partial charge >= 0.3 is 0 Å².